The van der Waals surface area contributed by atoms with Crippen molar-refractivity contribution in [3.05, 3.63) is 88.9 Å². The SMILES string of the molecule is Cc1ccccc1CCNC(=O)c1ccoc1CN1c2ccccc2CC1C. The molecule has 1 aromatic heterocycles. The van der Waals surface area contributed by atoms with E-state index in [0.717, 1.165) is 18.6 Å². The van der Waals surface area contributed by atoms with Crippen LogP contribution in [-0.2, 0) is 19.4 Å². The summed E-state index contributed by atoms with van der Waals surface area (Å²) < 4.78 is 5.69. The van der Waals surface area contributed by atoms with Gasteiger partial charge in [-0.15, -0.1) is 0 Å². The van der Waals surface area contributed by atoms with Gasteiger partial charge in [0.05, 0.1) is 18.4 Å². The fourth-order valence-corrected chi connectivity index (χ4v) is 3.99. The molecule has 28 heavy (non-hydrogen) atoms. The Balaban J connectivity index is 1.41. The smallest absolute Gasteiger partial charge is 0.254 e. The van der Waals surface area contributed by atoms with E-state index in [1.807, 2.05) is 12.1 Å². The lowest BCUT2D eigenvalue weighted by molar-refractivity contribution is 0.0952. The van der Waals surface area contributed by atoms with Crippen LogP contribution >= 0.6 is 0 Å². The highest BCUT2D eigenvalue weighted by Gasteiger charge is 2.27. The predicted octanol–water partition coefficient (Wildman–Crippen LogP) is 4.51. The van der Waals surface area contributed by atoms with Gasteiger partial charge in [0.15, 0.2) is 0 Å². The molecule has 1 aliphatic rings. The van der Waals surface area contributed by atoms with Gasteiger partial charge in [-0.3, -0.25) is 4.79 Å². The number of carbonyl (C=O) groups excluding carboxylic acids is 1. The second kappa shape index (κ2) is 7.93. The number of hydrogen-bond donors (Lipinski definition) is 1. The zero-order chi connectivity index (χ0) is 19.5. The number of rotatable bonds is 6. The van der Waals surface area contributed by atoms with Gasteiger partial charge in [-0.2, -0.15) is 0 Å². The van der Waals surface area contributed by atoms with Crippen LogP contribution in [0.3, 0.4) is 0 Å². The number of aryl methyl sites for hydroxylation is 1. The molecule has 1 aliphatic heterocycles. The fraction of sp³-hybridized carbons (Fsp3) is 0.292. The van der Waals surface area contributed by atoms with Crippen molar-refractivity contribution in [3.8, 4) is 0 Å². The van der Waals surface area contributed by atoms with Crippen molar-refractivity contribution in [2.24, 2.45) is 0 Å². The van der Waals surface area contributed by atoms with Gasteiger partial charge in [0.25, 0.3) is 5.91 Å². The van der Waals surface area contributed by atoms with Gasteiger partial charge < -0.3 is 14.6 Å². The zero-order valence-corrected chi connectivity index (χ0v) is 16.4. The molecule has 2 heterocycles. The molecule has 4 heteroatoms. The van der Waals surface area contributed by atoms with Crippen LogP contribution in [0.4, 0.5) is 5.69 Å². The number of carbonyl (C=O) groups is 1. The summed E-state index contributed by atoms with van der Waals surface area (Å²) in [5.74, 6) is 0.648. The third-order valence-electron chi connectivity index (χ3n) is 5.59. The van der Waals surface area contributed by atoms with Crippen molar-refractivity contribution in [3.63, 3.8) is 0 Å². The largest absolute Gasteiger partial charge is 0.467 e. The number of furan rings is 1. The van der Waals surface area contributed by atoms with Crippen LogP contribution in [0.1, 0.15) is 39.7 Å². The lowest BCUT2D eigenvalue weighted by Crippen LogP contribution is -2.31. The maximum Gasteiger partial charge on any atom is 0.254 e. The molecule has 0 saturated carbocycles. The number of nitrogens with one attached hydrogen (secondary N) is 1. The molecule has 1 N–H and O–H groups in total. The number of nitrogens with zero attached hydrogens (tertiary/aromatic N) is 1. The standard InChI is InChI=1S/C24H26N2O2/c1-17-7-3-4-8-19(17)11-13-25-24(27)21-12-14-28-23(21)16-26-18(2)15-20-9-5-6-10-22(20)26/h3-10,12,14,18H,11,13,15-16H2,1-2H3,(H,25,27). The van der Waals surface area contributed by atoms with E-state index < -0.39 is 0 Å². The first kappa shape index (κ1) is 18.4. The first-order valence-corrected chi connectivity index (χ1v) is 9.87. The third kappa shape index (κ3) is 3.68. The average Bonchev–Trinajstić information content (AvgIpc) is 3.28. The van der Waals surface area contributed by atoms with Crippen LogP contribution in [0.2, 0.25) is 0 Å². The van der Waals surface area contributed by atoms with E-state index in [1.54, 1.807) is 12.3 Å². The molecule has 1 atom stereocenters. The summed E-state index contributed by atoms with van der Waals surface area (Å²) in [7, 11) is 0. The van der Waals surface area contributed by atoms with Crippen LogP contribution < -0.4 is 10.2 Å². The first-order chi connectivity index (χ1) is 13.6. The highest BCUT2D eigenvalue weighted by molar-refractivity contribution is 5.95. The summed E-state index contributed by atoms with van der Waals surface area (Å²) in [6, 6.07) is 18.9. The first-order valence-electron chi connectivity index (χ1n) is 9.87. The van der Waals surface area contributed by atoms with Crippen molar-refractivity contribution in [1.82, 2.24) is 5.32 Å². The summed E-state index contributed by atoms with van der Waals surface area (Å²) in [6.45, 7) is 5.52. The highest BCUT2D eigenvalue weighted by atomic mass is 16.3. The second-order valence-electron chi connectivity index (χ2n) is 7.50. The summed E-state index contributed by atoms with van der Waals surface area (Å²) in [4.78, 5) is 15.0. The van der Waals surface area contributed by atoms with E-state index in [0.29, 0.717) is 24.7 Å². The molecule has 144 valence electrons. The Bertz CT molecular complexity index is 976. The molecule has 3 aromatic rings. The Morgan fingerprint density at radius 3 is 2.79 bits per heavy atom. The molecule has 0 bridgehead atoms. The maximum absolute atomic E-state index is 12.7. The normalized spacial score (nSPS) is 15.5. The lowest BCUT2D eigenvalue weighted by Gasteiger charge is -2.24. The molecule has 4 rings (SSSR count). The van der Waals surface area contributed by atoms with Crippen molar-refractivity contribution in [2.45, 2.75) is 39.3 Å². The van der Waals surface area contributed by atoms with Gasteiger partial charge in [-0.25, -0.2) is 0 Å². The minimum atomic E-state index is -0.0718. The lowest BCUT2D eigenvalue weighted by atomic mass is 10.1. The van der Waals surface area contributed by atoms with Gasteiger partial charge in [0, 0.05) is 18.3 Å². The van der Waals surface area contributed by atoms with Crippen LogP contribution in [0.25, 0.3) is 0 Å². The molecule has 0 saturated heterocycles. The van der Waals surface area contributed by atoms with Crippen molar-refractivity contribution in [2.75, 3.05) is 11.4 Å². The molecular weight excluding hydrogens is 348 g/mol. The van der Waals surface area contributed by atoms with Crippen LogP contribution in [0.5, 0.6) is 0 Å². The van der Waals surface area contributed by atoms with Gasteiger partial charge >= 0.3 is 0 Å². The molecule has 4 nitrogen and oxygen atoms in total. The highest BCUT2D eigenvalue weighted by Crippen LogP contribution is 2.33. The minimum Gasteiger partial charge on any atom is -0.467 e. The number of amides is 1. The van der Waals surface area contributed by atoms with Crippen LogP contribution in [0.15, 0.2) is 65.3 Å². The topological polar surface area (TPSA) is 45.5 Å². The van der Waals surface area contributed by atoms with Gasteiger partial charge in [-0.05, 0) is 55.5 Å². The molecule has 1 amide bonds. The number of benzene rings is 2. The quantitative estimate of drug-likeness (QED) is 0.690. The van der Waals surface area contributed by atoms with Crippen molar-refractivity contribution in [1.29, 1.82) is 0 Å². The summed E-state index contributed by atoms with van der Waals surface area (Å²) in [5.41, 5.74) is 5.73. The Hall–Kier alpha value is -3.01. The van der Waals surface area contributed by atoms with E-state index in [2.05, 4.69) is 60.5 Å². The summed E-state index contributed by atoms with van der Waals surface area (Å²) in [5, 5.41) is 3.04. The zero-order valence-electron chi connectivity index (χ0n) is 16.4. The minimum absolute atomic E-state index is 0.0718. The molecule has 0 fully saturated rings. The number of anilines is 1. The van der Waals surface area contributed by atoms with Gasteiger partial charge in [0.2, 0.25) is 0 Å². The molecular formula is C24H26N2O2. The Morgan fingerprint density at radius 1 is 1.14 bits per heavy atom. The number of hydrogen-bond acceptors (Lipinski definition) is 3. The fourth-order valence-electron chi connectivity index (χ4n) is 3.99. The second-order valence-corrected chi connectivity index (χ2v) is 7.50. The van der Waals surface area contributed by atoms with E-state index >= 15 is 0 Å². The summed E-state index contributed by atoms with van der Waals surface area (Å²) >= 11 is 0. The van der Waals surface area contributed by atoms with E-state index in [4.69, 9.17) is 4.42 Å². The van der Waals surface area contributed by atoms with Gasteiger partial charge in [0.1, 0.15) is 5.76 Å². The molecule has 0 aliphatic carbocycles. The molecule has 2 aromatic carbocycles. The average molecular weight is 374 g/mol. The van der Waals surface area contributed by atoms with Crippen LogP contribution in [-0.4, -0.2) is 18.5 Å². The van der Waals surface area contributed by atoms with Crippen molar-refractivity contribution >= 4 is 11.6 Å². The van der Waals surface area contributed by atoms with Crippen LogP contribution in [0, 0.1) is 6.92 Å². The maximum atomic E-state index is 12.7. The Morgan fingerprint density at radius 2 is 1.93 bits per heavy atom. The third-order valence-corrected chi connectivity index (χ3v) is 5.59. The van der Waals surface area contributed by atoms with E-state index in [-0.39, 0.29) is 5.91 Å². The van der Waals surface area contributed by atoms with Gasteiger partial charge in [-0.1, -0.05) is 42.5 Å². The van der Waals surface area contributed by atoms with E-state index in [9.17, 15) is 4.79 Å². The molecule has 0 radical (unpaired) electrons. The van der Waals surface area contributed by atoms with E-state index in [1.165, 1.54) is 22.4 Å². The Kier molecular flexibility index (Phi) is 5.20. The predicted molar refractivity (Wildman–Crippen MR) is 112 cm³/mol. The Labute approximate surface area is 166 Å². The monoisotopic (exact) mass is 374 g/mol. The number of fused-ring (bicyclic) bond motifs is 1. The van der Waals surface area contributed by atoms with Crippen molar-refractivity contribution < 1.29 is 9.21 Å². The summed E-state index contributed by atoms with van der Waals surface area (Å²) in [6.07, 6.45) is 3.45. The molecule has 1 unspecified atom stereocenters. The number of para-hydroxylation sites is 1. The molecule has 0 spiro atoms.